The molecule has 0 N–H and O–H groups in total. The van der Waals surface area contributed by atoms with E-state index in [1.54, 1.807) is 4.74 Å². The number of ether oxygens (including phenoxy) is 2. The van der Waals surface area contributed by atoms with Crippen molar-refractivity contribution in [2.24, 2.45) is 0 Å². The van der Waals surface area contributed by atoms with Crippen molar-refractivity contribution < 1.29 is 96.4 Å². The highest BCUT2D eigenvalue weighted by atomic mass is 32.3. The van der Waals surface area contributed by atoms with Crippen molar-refractivity contribution in [1.82, 2.24) is 0 Å². The highest BCUT2D eigenvalue weighted by Gasteiger charge is 2.89. The van der Waals surface area contributed by atoms with Crippen LogP contribution in [0, 0.1) is 0 Å². The second kappa shape index (κ2) is 7.90. The van der Waals surface area contributed by atoms with Crippen molar-refractivity contribution in [2.45, 2.75) is 41.3 Å². The van der Waals surface area contributed by atoms with E-state index in [4.69, 9.17) is 0 Å². The van der Waals surface area contributed by atoms with Gasteiger partial charge in [0.1, 0.15) is 0 Å². The monoisotopic (exact) mass is 546 g/mol. The van der Waals surface area contributed by atoms with Crippen LogP contribution in [0.25, 0.3) is 0 Å². The lowest BCUT2D eigenvalue weighted by molar-refractivity contribution is -0.529. The van der Waals surface area contributed by atoms with Crippen LogP contribution in [-0.2, 0) is 19.7 Å². The summed E-state index contributed by atoms with van der Waals surface area (Å²) in [5.41, 5.74) is 0. The molecule has 0 saturated heterocycles. The maximum absolute atomic E-state index is 13.6. The molecule has 1 unspecified atom stereocenters. The average Bonchev–Trinajstić information content (AvgIpc) is 2.50. The Bertz CT molecular complexity index is 839. The van der Waals surface area contributed by atoms with Gasteiger partial charge in [-0.25, -0.2) is 0 Å². The first-order valence-corrected chi connectivity index (χ1v) is 7.60. The van der Waals surface area contributed by atoms with Crippen molar-refractivity contribution in [3.8, 4) is 0 Å². The van der Waals surface area contributed by atoms with Crippen LogP contribution in [-0.4, -0.2) is 49.8 Å². The minimum absolute atomic E-state index is 1.18. The molecule has 0 aliphatic rings. The van der Waals surface area contributed by atoms with E-state index in [1.165, 1.54) is 4.74 Å². The lowest BCUT2D eigenvalue weighted by Gasteiger charge is -2.39. The van der Waals surface area contributed by atoms with E-state index < -0.39 is 63.7 Å². The van der Waals surface area contributed by atoms with Crippen LogP contribution in [0.1, 0.15) is 0 Å². The summed E-state index contributed by atoms with van der Waals surface area (Å²) >= 11 is 0. The predicted octanol–water partition coefficient (Wildman–Crippen LogP) is 5.63. The number of rotatable bonds is 9. The molecule has 0 bridgehead atoms. The Morgan fingerprint density at radius 2 is 1.00 bits per heavy atom. The third-order valence-corrected chi connectivity index (χ3v) is 3.67. The number of alkyl halides is 14. The topological polar surface area (TPSA) is 52.6 Å². The van der Waals surface area contributed by atoms with Crippen molar-refractivity contribution in [1.29, 1.82) is 0 Å². The molecule has 32 heavy (non-hydrogen) atoms. The molecule has 0 heterocycles. The Labute approximate surface area is 161 Å². The third-order valence-electron chi connectivity index (χ3n) is 2.81. The van der Waals surface area contributed by atoms with Gasteiger partial charge in [0.2, 0.25) is 0 Å². The summed E-state index contributed by atoms with van der Waals surface area (Å²) in [6.07, 6.45) is -28.0. The second-order valence-electron chi connectivity index (χ2n) is 4.97. The summed E-state index contributed by atoms with van der Waals surface area (Å²) in [5, 5.41) is -7.93. The van der Waals surface area contributed by atoms with E-state index in [2.05, 4.69) is 0 Å². The van der Waals surface area contributed by atoms with Crippen LogP contribution in [0.3, 0.4) is 0 Å². The van der Waals surface area contributed by atoms with Crippen LogP contribution >= 0.6 is 0 Å². The molecule has 0 spiro atoms. The SMILES string of the molecule is O=S(=O)(F)C(F)(F)C(F)(F)C(F)(F)C(F)(F)OC(F)(C(F)(F)F)C(F)(F)OC(F)=C(F)F. The van der Waals surface area contributed by atoms with Gasteiger partial charge < -0.3 is 4.74 Å². The number of hydrogen-bond acceptors (Lipinski definition) is 4. The zero-order valence-electron chi connectivity index (χ0n) is 13.3. The first-order valence-electron chi connectivity index (χ1n) is 6.22. The fourth-order valence-corrected chi connectivity index (χ4v) is 1.69. The largest absolute Gasteiger partial charge is 0.471 e. The predicted molar refractivity (Wildman–Crippen MR) is 57.2 cm³/mol. The standard InChI is InChI=1S/C9F18O4S/c10-1(11)2(12)30-8(23,24)5(17,6(18,19)20)31-7(21,22)3(13,14)4(15,16)9(25,26)32(27,28)29. The Morgan fingerprint density at radius 3 is 1.28 bits per heavy atom. The second-order valence-corrected chi connectivity index (χ2v) is 6.36. The average molecular weight is 546 g/mol. The summed E-state index contributed by atoms with van der Waals surface area (Å²) in [6.45, 7) is 0. The Kier molecular flexibility index (Phi) is 7.45. The smallest absolute Gasteiger partial charge is 0.398 e. The zero-order chi connectivity index (χ0) is 26.6. The van der Waals surface area contributed by atoms with Crippen LogP contribution < -0.4 is 0 Å². The van der Waals surface area contributed by atoms with E-state index in [-0.39, 0.29) is 0 Å². The minimum atomic E-state index is -8.49. The summed E-state index contributed by atoms with van der Waals surface area (Å²) < 4.78 is 251. The van der Waals surface area contributed by atoms with E-state index in [9.17, 15) is 86.9 Å². The molecule has 0 aliphatic carbocycles. The molecule has 0 saturated carbocycles. The normalized spacial score (nSPS) is 17.1. The van der Waals surface area contributed by atoms with Crippen LogP contribution in [0.15, 0.2) is 12.1 Å². The molecule has 0 aromatic carbocycles. The molecule has 0 aliphatic heterocycles. The van der Waals surface area contributed by atoms with Gasteiger partial charge in [-0.3, -0.25) is 4.74 Å². The van der Waals surface area contributed by atoms with Gasteiger partial charge in [0.15, 0.2) is 0 Å². The molecule has 23 heteroatoms. The van der Waals surface area contributed by atoms with Crippen molar-refractivity contribution >= 4 is 10.2 Å². The number of halogens is 18. The molecule has 0 amide bonds. The Hall–Kier alpha value is -1.81. The molecular weight excluding hydrogens is 546 g/mol. The quantitative estimate of drug-likeness (QED) is 0.214. The molecular formula is C9F18O4S. The molecule has 0 fully saturated rings. The first-order chi connectivity index (χ1) is 13.5. The van der Waals surface area contributed by atoms with E-state index >= 15 is 0 Å². The van der Waals surface area contributed by atoms with Gasteiger partial charge in [0.05, 0.1) is 0 Å². The third kappa shape index (κ3) is 4.62. The fourth-order valence-electron chi connectivity index (χ4n) is 1.26. The minimum Gasteiger partial charge on any atom is -0.398 e. The van der Waals surface area contributed by atoms with Crippen LogP contribution in [0.2, 0.25) is 0 Å². The van der Waals surface area contributed by atoms with Crippen molar-refractivity contribution in [3.05, 3.63) is 12.1 Å². The molecule has 0 rings (SSSR count). The molecule has 0 radical (unpaired) electrons. The summed E-state index contributed by atoms with van der Waals surface area (Å²) in [6, 6.07) is -4.18. The highest BCUT2D eigenvalue weighted by Crippen LogP contribution is 2.58. The molecule has 4 nitrogen and oxygen atoms in total. The van der Waals surface area contributed by atoms with Gasteiger partial charge in [-0.15, -0.1) is 0 Å². The van der Waals surface area contributed by atoms with Crippen LogP contribution in [0.5, 0.6) is 0 Å². The fraction of sp³-hybridized carbons (Fsp3) is 0.778. The maximum atomic E-state index is 13.6. The lowest BCUT2D eigenvalue weighted by Crippen LogP contribution is -2.69. The van der Waals surface area contributed by atoms with Gasteiger partial charge in [0, 0.05) is 0 Å². The molecule has 192 valence electrons. The zero-order valence-corrected chi connectivity index (χ0v) is 14.2. The summed E-state index contributed by atoms with van der Waals surface area (Å²) in [7, 11) is -8.31. The summed E-state index contributed by atoms with van der Waals surface area (Å²) in [5.74, 6) is -24.9. The Morgan fingerprint density at radius 1 is 0.625 bits per heavy atom. The summed E-state index contributed by atoms with van der Waals surface area (Å²) in [4.78, 5) is 0. The maximum Gasteiger partial charge on any atom is 0.471 e. The van der Waals surface area contributed by atoms with Crippen molar-refractivity contribution in [2.75, 3.05) is 0 Å². The van der Waals surface area contributed by atoms with Crippen LogP contribution in [0.4, 0.5) is 78.5 Å². The molecule has 1 atom stereocenters. The van der Waals surface area contributed by atoms with E-state index in [0.29, 0.717) is 0 Å². The van der Waals surface area contributed by atoms with E-state index in [1.807, 2.05) is 0 Å². The number of hydrogen-bond donors (Lipinski definition) is 0. The lowest BCUT2D eigenvalue weighted by atomic mass is 10.1. The van der Waals surface area contributed by atoms with E-state index in [0.717, 1.165) is 0 Å². The molecule has 0 aromatic heterocycles. The van der Waals surface area contributed by atoms with Gasteiger partial charge >= 0.3 is 63.7 Å². The van der Waals surface area contributed by atoms with Gasteiger partial charge in [0.25, 0.3) is 0 Å². The first kappa shape index (κ1) is 30.2. The van der Waals surface area contributed by atoms with Gasteiger partial charge in [-0.2, -0.15) is 83.1 Å². The van der Waals surface area contributed by atoms with Gasteiger partial charge in [-0.1, -0.05) is 3.89 Å². The van der Waals surface area contributed by atoms with Crippen molar-refractivity contribution in [3.63, 3.8) is 0 Å². The highest BCUT2D eigenvalue weighted by molar-refractivity contribution is 7.87. The Balaban J connectivity index is 6.77. The van der Waals surface area contributed by atoms with Gasteiger partial charge in [-0.05, 0) is 0 Å². The molecule has 0 aromatic rings.